The van der Waals surface area contributed by atoms with E-state index in [1.807, 2.05) is 57.1 Å². The number of anilines is 3. The van der Waals surface area contributed by atoms with Gasteiger partial charge in [-0.25, -0.2) is 18.4 Å². The van der Waals surface area contributed by atoms with E-state index in [1.54, 1.807) is 48.8 Å². The summed E-state index contributed by atoms with van der Waals surface area (Å²) in [5, 5.41) is 9.10. The molecular weight excluding hydrogens is 500 g/mol. The van der Waals surface area contributed by atoms with E-state index in [0.717, 1.165) is 24.3 Å². The molecule has 1 heterocycles. The number of rotatable bonds is 13. The molecular formula is C28H36N6O3S. The molecule has 38 heavy (non-hydrogen) atoms. The minimum absolute atomic E-state index is 0.0100. The predicted molar refractivity (Wildman–Crippen MR) is 153 cm³/mol. The lowest BCUT2D eigenvalue weighted by atomic mass is 10.1. The van der Waals surface area contributed by atoms with E-state index in [0.29, 0.717) is 29.7 Å². The standard InChI is InChI=1S/C28H36N6O3S/c1-21(2)20-27(35)31-23-8-6-22(7-9-23)26-14-16-30-28(33-26)32-24-10-12-25(13-11-24)38(36,37)19-5-15-29-17-18-34(3)4/h5-16,21,29H,17-20H2,1-4H3,(H,31,35)(H,30,32,33). The van der Waals surface area contributed by atoms with E-state index in [-0.39, 0.29) is 16.6 Å². The van der Waals surface area contributed by atoms with Crippen LogP contribution in [0.3, 0.4) is 0 Å². The molecule has 1 aromatic heterocycles. The van der Waals surface area contributed by atoms with Crippen LogP contribution in [0.2, 0.25) is 0 Å². The van der Waals surface area contributed by atoms with Crippen molar-refractivity contribution in [3.05, 3.63) is 73.1 Å². The summed E-state index contributed by atoms with van der Waals surface area (Å²) in [6.45, 7) is 5.62. The highest BCUT2D eigenvalue weighted by atomic mass is 32.2. The molecule has 0 unspecified atom stereocenters. The summed E-state index contributed by atoms with van der Waals surface area (Å²) in [4.78, 5) is 23.1. The zero-order valence-electron chi connectivity index (χ0n) is 22.3. The highest BCUT2D eigenvalue weighted by molar-refractivity contribution is 7.91. The summed E-state index contributed by atoms with van der Waals surface area (Å²) in [6.07, 6.45) is 5.42. The zero-order valence-corrected chi connectivity index (χ0v) is 23.1. The van der Waals surface area contributed by atoms with Gasteiger partial charge >= 0.3 is 0 Å². The van der Waals surface area contributed by atoms with E-state index in [4.69, 9.17) is 0 Å². The second-order valence-corrected chi connectivity index (χ2v) is 11.6. The van der Waals surface area contributed by atoms with Gasteiger partial charge in [0, 0.05) is 42.6 Å². The summed E-state index contributed by atoms with van der Waals surface area (Å²) in [6, 6.07) is 15.8. The van der Waals surface area contributed by atoms with Crippen molar-refractivity contribution in [3.8, 4) is 11.3 Å². The molecule has 9 nitrogen and oxygen atoms in total. The van der Waals surface area contributed by atoms with E-state index >= 15 is 0 Å². The van der Waals surface area contributed by atoms with Crippen LogP contribution in [-0.4, -0.2) is 62.1 Å². The van der Waals surface area contributed by atoms with Crippen molar-refractivity contribution in [2.45, 2.75) is 25.2 Å². The maximum Gasteiger partial charge on any atom is 0.227 e. The number of likely N-dealkylation sites (N-methyl/N-ethyl adjacent to an activating group) is 1. The Labute approximate surface area is 225 Å². The number of amides is 1. The van der Waals surface area contributed by atoms with Crippen molar-refractivity contribution < 1.29 is 13.2 Å². The number of carbonyl (C=O) groups is 1. The summed E-state index contributed by atoms with van der Waals surface area (Å²) >= 11 is 0. The number of sulfone groups is 1. The minimum atomic E-state index is -3.44. The van der Waals surface area contributed by atoms with Crippen LogP contribution in [0.1, 0.15) is 20.3 Å². The second kappa shape index (κ2) is 13.7. The van der Waals surface area contributed by atoms with Crippen LogP contribution >= 0.6 is 0 Å². The molecule has 0 aliphatic heterocycles. The van der Waals surface area contributed by atoms with Crippen molar-refractivity contribution in [1.82, 2.24) is 20.2 Å². The molecule has 3 N–H and O–H groups in total. The molecule has 3 rings (SSSR count). The molecule has 10 heteroatoms. The van der Waals surface area contributed by atoms with Gasteiger partial charge in [-0.05, 0) is 68.7 Å². The number of carbonyl (C=O) groups excluding carboxylic acids is 1. The molecule has 0 fully saturated rings. The molecule has 0 atom stereocenters. The fraction of sp³-hybridized carbons (Fsp3) is 0.321. The van der Waals surface area contributed by atoms with Crippen LogP contribution in [0, 0.1) is 5.92 Å². The van der Waals surface area contributed by atoms with Gasteiger partial charge in [0.05, 0.1) is 16.3 Å². The van der Waals surface area contributed by atoms with Crippen LogP contribution in [0.4, 0.5) is 17.3 Å². The van der Waals surface area contributed by atoms with E-state index in [2.05, 4.69) is 25.9 Å². The third-order valence-electron chi connectivity index (χ3n) is 5.44. The lowest BCUT2D eigenvalue weighted by Crippen LogP contribution is -2.23. The Morgan fingerprint density at radius 3 is 2.34 bits per heavy atom. The van der Waals surface area contributed by atoms with Crippen LogP contribution in [0.5, 0.6) is 0 Å². The van der Waals surface area contributed by atoms with Crippen LogP contribution in [0.25, 0.3) is 11.3 Å². The van der Waals surface area contributed by atoms with E-state index in [1.165, 1.54) is 0 Å². The van der Waals surface area contributed by atoms with Gasteiger partial charge in [-0.3, -0.25) is 4.79 Å². The molecule has 1 amide bonds. The molecule has 0 radical (unpaired) electrons. The van der Waals surface area contributed by atoms with Gasteiger partial charge in [-0.2, -0.15) is 0 Å². The lowest BCUT2D eigenvalue weighted by Gasteiger charge is -2.09. The molecule has 0 aliphatic rings. The van der Waals surface area contributed by atoms with Crippen LogP contribution in [-0.2, 0) is 14.6 Å². The third kappa shape index (κ3) is 9.28. The molecule has 202 valence electrons. The van der Waals surface area contributed by atoms with Gasteiger partial charge < -0.3 is 20.9 Å². The first-order chi connectivity index (χ1) is 18.1. The maximum absolute atomic E-state index is 12.6. The maximum atomic E-state index is 12.6. The molecule has 3 aromatic rings. The smallest absolute Gasteiger partial charge is 0.227 e. The minimum Gasteiger partial charge on any atom is -0.390 e. The molecule has 0 saturated carbocycles. The first-order valence-corrected chi connectivity index (χ1v) is 14.1. The van der Waals surface area contributed by atoms with Gasteiger partial charge in [0.1, 0.15) is 0 Å². The first-order valence-electron chi connectivity index (χ1n) is 12.5. The van der Waals surface area contributed by atoms with Gasteiger partial charge in [0.2, 0.25) is 11.9 Å². The number of benzene rings is 2. The van der Waals surface area contributed by atoms with Crippen molar-refractivity contribution >= 4 is 33.1 Å². The van der Waals surface area contributed by atoms with Crippen molar-refractivity contribution in [1.29, 1.82) is 0 Å². The Hall–Kier alpha value is -3.76. The number of hydrogen-bond donors (Lipinski definition) is 3. The Morgan fingerprint density at radius 2 is 1.68 bits per heavy atom. The molecule has 0 spiro atoms. The molecule has 0 aliphatic carbocycles. The largest absolute Gasteiger partial charge is 0.390 e. The number of hydrogen-bond acceptors (Lipinski definition) is 8. The summed E-state index contributed by atoms with van der Waals surface area (Å²) in [5.74, 6) is 0.591. The van der Waals surface area contributed by atoms with E-state index in [9.17, 15) is 13.2 Å². The van der Waals surface area contributed by atoms with Crippen molar-refractivity contribution in [3.63, 3.8) is 0 Å². The summed E-state index contributed by atoms with van der Waals surface area (Å²) in [5.41, 5.74) is 3.00. The zero-order chi connectivity index (χ0) is 27.5. The highest BCUT2D eigenvalue weighted by Gasteiger charge is 2.13. The fourth-order valence-electron chi connectivity index (χ4n) is 3.49. The van der Waals surface area contributed by atoms with Gasteiger partial charge in [-0.15, -0.1) is 0 Å². The summed E-state index contributed by atoms with van der Waals surface area (Å²) < 4.78 is 25.2. The predicted octanol–water partition coefficient (Wildman–Crippen LogP) is 4.31. The first kappa shape index (κ1) is 28.8. The van der Waals surface area contributed by atoms with Gasteiger partial charge in [-0.1, -0.05) is 32.1 Å². The molecule has 2 aromatic carbocycles. The van der Waals surface area contributed by atoms with Crippen molar-refractivity contribution in [2.24, 2.45) is 5.92 Å². The van der Waals surface area contributed by atoms with Crippen molar-refractivity contribution in [2.75, 3.05) is 43.6 Å². The van der Waals surface area contributed by atoms with Crippen LogP contribution < -0.4 is 16.0 Å². The molecule has 0 bridgehead atoms. The Kier molecular flexibility index (Phi) is 10.4. The average molecular weight is 537 g/mol. The number of nitrogens with zero attached hydrogens (tertiary/aromatic N) is 3. The van der Waals surface area contributed by atoms with E-state index < -0.39 is 9.84 Å². The second-order valence-electron chi connectivity index (χ2n) is 9.58. The molecule has 0 saturated heterocycles. The lowest BCUT2D eigenvalue weighted by molar-refractivity contribution is -0.116. The quantitative estimate of drug-likeness (QED) is 0.277. The van der Waals surface area contributed by atoms with Gasteiger partial charge in [0.15, 0.2) is 9.84 Å². The van der Waals surface area contributed by atoms with Crippen LogP contribution in [0.15, 0.2) is 78.0 Å². The SMILES string of the molecule is CC(C)CC(=O)Nc1ccc(-c2ccnc(Nc3ccc(S(=O)(=O)CC=CNCCN(C)C)cc3)n2)cc1. The normalized spacial score (nSPS) is 11.7. The monoisotopic (exact) mass is 536 g/mol. The average Bonchev–Trinajstić information content (AvgIpc) is 2.86. The topological polar surface area (TPSA) is 116 Å². The third-order valence-corrected chi connectivity index (χ3v) is 7.06. The number of aromatic nitrogens is 2. The Bertz CT molecular complexity index is 1320. The highest BCUT2D eigenvalue weighted by Crippen LogP contribution is 2.23. The van der Waals surface area contributed by atoms with Gasteiger partial charge in [0.25, 0.3) is 0 Å². The Morgan fingerprint density at radius 1 is 1.00 bits per heavy atom. The summed E-state index contributed by atoms with van der Waals surface area (Å²) in [7, 11) is 0.524. The Balaban J connectivity index is 1.59. The number of nitrogens with one attached hydrogen (secondary N) is 3. The fourth-order valence-corrected chi connectivity index (χ4v) is 4.58.